The van der Waals surface area contributed by atoms with Crippen molar-refractivity contribution >= 4 is 10.8 Å². The average Bonchev–Trinajstić information content (AvgIpc) is 3.02. The highest BCUT2D eigenvalue weighted by Gasteiger charge is 2.30. The summed E-state index contributed by atoms with van der Waals surface area (Å²) in [6, 6.07) is 1.69. The van der Waals surface area contributed by atoms with Gasteiger partial charge in [0.25, 0.3) is 0 Å². The Morgan fingerprint density at radius 1 is 1.22 bits per heavy atom. The van der Waals surface area contributed by atoms with E-state index in [0.29, 0.717) is 18.1 Å². The summed E-state index contributed by atoms with van der Waals surface area (Å²) in [5, 5.41) is 3.79. The maximum atomic E-state index is 11.4. The SMILES string of the molecule is O=S1CCC(NC2CCCC2n2ccnc2)CC1. The molecule has 2 atom stereocenters. The third-order valence-corrected chi connectivity index (χ3v) is 5.61. The Kier molecular flexibility index (Phi) is 3.80. The Morgan fingerprint density at radius 3 is 2.78 bits per heavy atom. The molecule has 2 heterocycles. The minimum absolute atomic E-state index is 0.555. The summed E-state index contributed by atoms with van der Waals surface area (Å²) in [6.07, 6.45) is 11.8. The first kappa shape index (κ1) is 12.4. The predicted octanol–water partition coefficient (Wildman–Crippen LogP) is 1.48. The van der Waals surface area contributed by atoms with Crippen LogP contribution in [0.4, 0.5) is 0 Å². The summed E-state index contributed by atoms with van der Waals surface area (Å²) in [4.78, 5) is 4.15. The smallest absolute Gasteiger partial charge is 0.0949 e. The lowest BCUT2D eigenvalue weighted by Crippen LogP contribution is -2.44. The average molecular weight is 267 g/mol. The van der Waals surface area contributed by atoms with Gasteiger partial charge in [0.1, 0.15) is 0 Å². The molecule has 1 aromatic rings. The Labute approximate surface area is 111 Å². The van der Waals surface area contributed by atoms with Crippen LogP contribution in [0.25, 0.3) is 0 Å². The summed E-state index contributed by atoms with van der Waals surface area (Å²) in [6.45, 7) is 0. The first-order valence-electron chi connectivity index (χ1n) is 6.91. The molecule has 5 heteroatoms. The number of nitrogens with one attached hydrogen (secondary N) is 1. The van der Waals surface area contributed by atoms with E-state index in [1.54, 1.807) is 0 Å². The van der Waals surface area contributed by atoms with Crippen molar-refractivity contribution in [1.29, 1.82) is 0 Å². The lowest BCUT2D eigenvalue weighted by molar-refractivity contribution is 0.338. The molecule has 1 saturated heterocycles. The molecule has 0 bridgehead atoms. The fourth-order valence-corrected chi connectivity index (χ4v) is 4.52. The second-order valence-electron chi connectivity index (χ2n) is 5.40. The van der Waals surface area contributed by atoms with Crippen molar-refractivity contribution in [3.05, 3.63) is 18.7 Å². The number of aromatic nitrogens is 2. The lowest BCUT2D eigenvalue weighted by atomic mass is 10.1. The van der Waals surface area contributed by atoms with Crippen LogP contribution in [0.5, 0.6) is 0 Å². The predicted molar refractivity (Wildman–Crippen MR) is 72.9 cm³/mol. The van der Waals surface area contributed by atoms with Gasteiger partial charge in [-0.3, -0.25) is 4.21 Å². The number of hydrogen-bond acceptors (Lipinski definition) is 3. The Morgan fingerprint density at radius 2 is 2.06 bits per heavy atom. The van der Waals surface area contributed by atoms with E-state index in [0.717, 1.165) is 24.3 Å². The van der Waals surface area contributed by atoms with Gasteiger partial charge in [-0.2, -0.15) is 0 Å². The van der Waals surface area contributed by atoms with Crippen LogP contribution in [0.3, 0.4) is 0 Å². The molecule has 18 heavy (non-hydrogen) atoms. The van der Waals surface area contributed by atoms with Crippen LogP contribution in [-0.2, 0) is 10.8 Å². The van der Waals surface area contributed by atoms with E-state index < -0.39 is 10.8 Å². The van der Waals surface area contributed by atoms with Gasteiger partial charge in [-0.15, -0.1) is 0 Å². The monoisotopic (exact) mass is 267 g/mol. The molecular weight excluding hydrogens is 246 g/mol. The molecule has 2 fully saturated rings. The molecule has 0 amide bonds. The molecule has 3 rings (SSSR count). The molecule has 1 saturated carbocycles. The molecular formula is C13H21N3OS. The molecule has 1 aliphatic carbocycles. The van der Waals surface area contributed by atoms with Gasteiger partial charge in [0.15, 0.2) is 0 Å². The molecule has 1 aliphatic heterocycles. The van der Waals surface area contributed by atoms with Crippen LogP contribution in [0.15, 0.2) is 18.7 Å². The van der Waals surface area contributed by atoms with Crippen LogP contribution in [0.2, 0.25) is 0 Å². The van der Waals surface area contributed by atoms with Crippen molar-refractivity contribution < 1.29 is 4.21 Å². The van der Waals surface area contributed by atoms with Gasteiger partial charge in [-0.25, -0.2) is 4.98 Å². The Hall–Kier alpha value is -0.680. The molecule has 100 valence electrons. The van der Waals surface area contributed by atoms with Crippen LogP contribution in [-0.4, -0.2) is 37.3 Å². The van der Waals surface area contributed by atoms with Gasteiger partial charge >= 0.3 is 0 Å². The number of hydrogen-bond donors (Lipinski definition) is 1. The van der Waals surface area contributed by atoms with Crippen LogP contribution in [0, 0.1) is 0 Å². The standard InChI is InChI=1S/C13H21N3OS/c17-18-8-4-11(5-9-18)15-12-2-1-3-13(12)16-7-6-14-10-16/h6-7,10-13,15H,1-5,8-9H2. The molecule has 0 aromatic carbocycles. The van der Waals surface area contributed by atoms with Gasteiger partial charge in [0.05, 0.1) is 6.33 Å². The summed E-state index contributed by atoms with van der Waals surface area (Å²) in [5.74, 6) is 1.75. The van der Waals surface area contributed by atoms with Crippen molar-refractivity contribution in [2.24, 2.45) is 0 Å². The molecule has 0 spiro atoms. The second kappa shape index (κ2) is 5.53. The van der Waals surface area contributed by atoms with Gasteiger partial charge < -0.3 is 9.88 Å². The number of nitrogens with zero attached hydrogens (tertiary/aromatic N) is 2. The largest absolute Gasteiger partial charge is 0.333 e. The molecule has 0 radical (unpaired) electrons. The van der Waals surface area contributed by atoms with Gasteiger partial charge in [0.2, 0.25) is 0 Å². The van der Waals surface area contributed by atoms with E-state index in [-0.39, 0.29) is 0 Å². The van der Waals surface area contributed by atoms with Crippen LogP contribution < -0.4 is 5.32 Å². The van der Waals surface area contributed by atoms with Crippen LogP contribution in [0.1, 0.15) is 38.1 Å². The quantitative estimate of drug-likeness (QED) is 0.902. The summed E-state index contributed by atoms with van der Waals surface area (Å²) >= 11 is 0. The van der Waals surface area contributed by atoms with E-state index in [2.05, 4.69) is 21.1 Å². The normalized spacial score (nSPS) is 36.9. The van der Waals surface area contributed by atoms with Crippen molar-refractivity contribution in [3.63, 3.8) is 0 Å². The van der Waals surface area contributed by atoms with E-state index in [1.807, 2.05) is 12.5 Å². The van der Waals surface area contributed by atoms with Crippen molar-refractivity contribution in [2.75, 3.05) is 11.5 Å². The maximum absolute atomic E-state index is 11.4. The van der Waals surface area contributed by atoms with Gasteiger partial charge in [-0.05, 0) is 32.1 Å². The highest BCUT2D eigenvalue weighted by atomic mass is 32.2. The van der Waals surface area contributed by atoms with Crippen LogP contribution >= 0.6 is 0 Å². The van der Waals surface area contributed by atoms with Crippen molar-refractivity contribution in [1.82, 2.24) is 14.9 Å². The molecule has 2 unspecified atom stereocenters. The fraction of sp³-hybridized carbons (Fsp3) is 0.769. The lowest BCUT2D eigenvalue weighted by Gasteiger charge is -2.29. The topological polar surface area (TPSA) is 46.9 Å². The first-order chi connectivity index (χ1) is 8.83. The number of imidazole rings is 1. The minimum atomic E-state index is -0.558. The zero-order valence-corrected chi connectivity index (χ0v) is 11.4. The molecule has 2 aliphatic rings. The van der Waals surface area contributed by atoms with E-state index in [4.69, 9.17) is 0 Å². The third kappa shape index (κ3) is 2.67. The minimum Gasteiger partial charge on any atom is -0.333 e. The number of rotatable bonds is 3. The zero-order chi connectivity index (χ0) is 12.4. The maximum Gasteiger partial charge on any atom is 0.0949 e. The highest BCUT2D eigenvalue weighted by Crippen LogP contribution is 2.30. The molecule has 1 aromatic heterocycles. The third-order valence-electron chi connectivity index (χ3n) is 4.23. The molecule has 1 N–H and O–H groups in total. The van der Waals surface area contributed by atoms with Gasteiger partial charge in [0, 0.05) is 52.8 Å². The second-order valence-corrected chi connectivity index (χ2v) is 7.10. The van der Waals surface area contributed by atoms with Crippen molar-refractivity contribution in [3.8, 4) is 0 Å². The summed E-state index contributed by atoms with van der Waals surface area (Å²) in [5.41, 5.74) is 0. The summed E-state index contributed by atoms with van der Waals surface area (Å²) < 4.78 is 13.6. The Bertz CT molecular complexity index is 396. The highest BCUT2D eigenvalue weighted by molar-refractivity contribution is 7.85. The molecule has 4 nitrogen and oxygen atoms in total. The summed E-state index contributed by atoms with van der Waals surface area (Å²) in [7, 11) is -0.558. The Balaban J connectivity index is 1.60. The van der Waals surface area contributed by atoms with Gasteiger partial charge in [-0.1, -0.05) is 0 Å². The van der Waals surface area contributed by atoms with E-state index in [1.165, 1.54) is 19.3 Å². The van der Waals surface area contributed by atoms with E-state index >= 15 is 0 Å². The van der Waals surface area contributed by atoms with E-state index in [9.17, 15) is 4.21 Å². The van der Waals surface area contributed by atoms with Crippen molar-refractivity contribution in [2.45, 2.75) is 50.2 Å². The zero-order valence-electron chi connectivity index (χ0n) is 10.6. The first-order valence-corrected chi connectivity index (χ1v) is 8.40. The fourth-order valence-electron chi connectivity index (χ4n) is 3.22.